The van der Waals surface area contributed by atoms with Gasteiger partial charge in [0.2, 0.25) is 0 Å². The van der Waals surface area contributed by atoms with Gasteiger partial charge in [-0.15, -0.1) is 0 Å². The monoisotopic (exact) mass is 243 g/mol. The Morgan fingerprint density at radius 3 is 2.69 bits per heavy atom. The van der Waals surface area contributed by atoms with Crippen LogP contribution >= 0.6 is 11.8 Å². The largest absolute Gasteiger partial charge is 0.396 e. The molecule has 1 aliphatic carbocycles. The van der Waals surface area contributed by atoms with Gasteiger partial charge in [-0.05, 0) is 36.9 Å². The molecule has 3 heteroatoms. The van der Waals surface area contributed by atoms with E-state index in [1.54, 1.807) is 0 Å². The Morgan fingerprint density at radius 1 is 1.25 bits per heavy atom. The minimum Gasteiger partial charge on any atom is -0.396 e. The van der Waals surface area contributed by atoms with Crippen LogP contribution in [0.2, 0.25) is 0 Å². The molecule has 1 saturated heterocycles. The van der Waals surface area contributed by atoms with E-state index in [4.69, 9.17) is 0 Å². The van der Waals surface area contributed by atoms with E-state index in [0.29, 0.717) is 12.0 Å². The van der Waals surface area contributed by atoms with E-state index in [-0.39, 0.29) is 0 Å². The molecule has 2 nitrogen and oxygen atoms in total. The molecule has 1 unspecified atom stereocenters. The molecule has 0 aromatic carbocycles. The van der Waals surface area contributed by atoms with Crippen LogP contribution in [0.15, 0.2) is 0 Å². The highest BCUT2D eigenvalue weighted by atomic mass is 32.2. The first kappa shape index (κ1) is 12.7. The molecule has 0 aromatic heterocycles. The summed E-state index contributed by atoms with van der Waals surface area (Å²) in [6, 6.07) is 0.738. The van der Waals surface area contributed by atoms with Crippen molar-refractivity contribution in [3.63, 3.8) is 0 Å². The molecule has 1 saturated carbocycles. The van der Waals surface area contributed by atoms with Crippen molar-refractivity contribution >= 4 is 11.8 Å². The van der Waals surface area contributed by atoms with Gasteiger partial charge in [0.1, 0.15) is 0 Å². The molecule has 1 heterocycles. The Morgan fingerprint density at radius 2 is 2.06 bits per heavy atom. The highest BCUT2D eigenvalue weighted by Crippen LogP contribution is 2.38. The average Bonchev–Trinajstić information content (AvgIpc) is 2.81. The fourth-order valence-electron chi connectivity index (χ4n) is 3.11. The van der Waals surface area contributed by atoms with E-state index in [1.165, 1.54) is 50.0 Å². The van der Waals surface area contributed by atoms with Crippen LogP contribution in [0.3, 0.4) is 0 Å². The SMILES string of the molecule is OCCC1(CNC2CCSC2)CCCCC1. The minimum atomic E-state index is 0.362. The maximum Gasteiger partial charge on any atom is 0.0436 e. The second-order valence-corrected chi connectivity index (χ2v) is 6.63. The second-order valence-electron chi connectivity index (χ2n) is 5.48. The Balaban J connectivity index is 1.80. The summed E-state index contributed by atoms with van der Waals surface area (Å²) in [6.45, 7) is 1.50. The maximum absolute atomic E-state index is 9.24. The molecule has 2 fully saturated rings. The molecule has 2 N–H and O–H groups in total. The third-order valence-corrected chi connectivity index (χ3v) is 5.41. The van der Waals surface area contributed by atoms with Crippen molar-refractivity contribution in [3.05, 3.63) is 0 Å². The molecule has 16 heavy (non-hydrogen) atoms. The second kappa shape index (κ2) is 6.27. The molecule has 0 bridgehead atoms. The number of aliphatic hydroxyl groups is 1. The molecule has 1 aliphatic heterocycles. The number of hydrogen-bond acceptors (Lipinski definition) is 3. The van der Waals surface area contributed by atoms with Crippen molar-refractivity contribution in [2.45, 2.75) is 51.0 Å². The summed E-state index contributed by atoms with van der Waals surface area (Å²) in [5, 5.41) is 13.0. The van der Waals surface area contributed by atoms with Crippen LogP contribution in [-0.2, 0) is 0 Å². The predicted molar refractivity (Wildman–Crippen MR) is 71.0 cm³/mol. The first-order chi connectivity index (χ1) is 7.85. The van der Waals surface area contributed by atoms with E-state index >= 15 is 0 Å². The van der Waals surface area contributed by atoms with E-state index in [1.807, 2.05) is 0 Å². The number of rotatable bonds is 5. The molecule has 0 aromatic rings. The lowest BCUT2D eigenvalue weighted by molar-refractivity contribution is 0.123. The molecule has 0 spiro atoms. The maximum atomic E-state index is 9.24. The first-order valence-electron chi connectivity index (χ1n) is 6.77. The van der Waals surface area contributed by atoms with Gasteiger partial charge in [-0.2, -0.15) is 11.8 Å². The fraction of sp³-hybridized carbons (Fsp3) is 1.00. The van der Waals surface area contributed by atoms with Gasteiger partial charge in [0.15, 0.2) is 0 Å². The van der Waals surface area contributed by atoms with Crippen LogP contribution in [0.5, 0.6) is 0 Å². The third kappa shape index (κ3) is 3.38. The molecular weight excluding hydrogens is 218 g/mol. The van der Waals surface area contributed by atoms with Crippen LogP contribution in [0.4, 0.5) is 0 Å². The lowest BCUT2D eigenvalue weighted by Crippen LogP contribution is -2.41. The summed E-state index contributed by atoms with van der Waals surface area (Å²) in [5.41, 5.74) is 0.417. The van der Waals surface area contributed by atoms with Crippen LogP contribution in [0, 0.1) is 5.41 Å². The Hall–Kier alpha value is 0.270. The molecule has 1 atom stereocenters. The van der Waals surface area contributed by atoms with E-state index in [2.05, 4.69) is 17.1 Å². The minimum absolute atomic E-state index is 0.362. The van der Waals surface area contributed by atoms with Gasteiger partial charge >= 0.3 is 0 Å². The predicted octanol–water partition coefficient (Wildman–Crippen LogP) is 2.41. The Bertz CT molecular complexity index is 193. The van der Waals surface area contributed by atoms with Gasteiger partial charge in [0, 0.05) is 24.9 Å². The van der Waals surface area contributed by atoms with Crippen molar-refractivity contribution in [2.75, 3.05) is 24.7 Å². The van der Waals surface area contributed by atoms with Gasteiger partial charge in [-0.1, -0.05) is 19.3 Å². The number of hydrogen-bond donors (Lipinski definition) is 2. The van der Waals surface area contributed by atoms with Gasteiger partial charge in [0.25, 0.3) is 0 Å². The highest BCUT2D eigenvalue weighted by molar-refractivity contribution is 7.99. The standard InChI is InChI=1S/C13H25NOS/c15-8-7-13(5-2-1-3-6-13)11-14-12-4-9-16-10-12/h12,14-15H,1-11H2. The van der Waals surface area contributed by atoms with Gasteiger partial charge in [-0.3, -0.25) is 0 Å². The molecule has 0 amide bonds. The smallest absolute Gasteiger partial charge is 0.0436 e. The quantitative estimate of drug-likeness (QED) is 0.778. The number of nitrogens with one attached hydrogen (secondary N) is 1. The van der Waals surface area contributed by atoms with E-state index in [9.17, 15) is 5.11 Å². The van der Waals surface area contributed by atoms with Gasteiger partial charge in [0.05, 0.1) is 0 Å². The molecule has 2 aliphatic rings. The zero-order valence-electron chi connectivity index (χ0n) is 10.2. The first-order valence-corrected chi connectivity index (χ1v) is 7.92. The number of aliphatic hydroxyl groups excluding tert-OH is 1. The normalized spacial score (nSPS) is 29.4. The van der Waals surface area contributed by atoms with Crippen LogP contribution in [-0.4, -0.2) is 35.8 Å². The molecule has 2 rings (SSSR count). The summed E-state index contributed by atoms with van der Waals surface area (Å²) >= 11 is 2.07. The molecule has 94 valence electrons. The zero-order chi connectivity index (χ0) is 11.3. The van der Waals surface area contributed by atoms with Crippen molar-refractivity contribution in [2.24, 2.45) is 5.41 Å². The summed E-state index contributed by atoms with van der Waals surface area (Å²) < 4.78 is 0. The van der Waals surface area contributed by atoms with Crippen molar-refractivity contribution in [1.82, 2.24) is 5.32 Å². The Kier molecular flexibility index (Phi) is 4.98. The summed E-state index contributed by atoms with van der Waals surface area (Å²) in [5.74, 6) is 2.61. The Labute approximate surface area is 104 Å². The van der Waals surface area contributed by atoms with Crippen LogP contribution < -0.4 is 5.32 Å². The van der Waals surface area contributed by atoms with Crippen LogP contribution in [0.1, 0.15) is 44.9 Å². The van der Waals surface area contributed by atoms with Crippen LogP contribution in [0.25, 0.3) is 0 Å². The lowest BCUT2D eigenvalue weighted by Gasteiger charge is -2.38. The van der Waals surface area contributed by atoms with E-state index in [0.717, 1.165) is 19.0 Å². The topological polar surface area (TPSA) is 32.3 Å². The summed E-state index contributed by atoms with van der Waals surface area (Å²) in [6.07, 6.45) is 9.09. The summed E-state index contributed by atoms with van der Waals surface area (Å²) in [7, 11) is 0. The molecular formula is C13H25NOS. The van der Waals surface area contributed by atoms with Crippen molar-refractivity contribution < 1.29 is 5.11 Å². The lowest BCUT2D eigenvalue weighted by atomic mass is 9.72. The third-order valence-electron chi connectivity index (χ3n) is 4.25. The number of thioether (sulfide) groups is 1. The fourth-order valence-corrected chi connectivity index (χ4v) is 4.30. The van der Waals surface area contributed by atoms with Gasteiger partial charge < -0.3 is 10.4 Å². The van der Waals surface area contributed by atoms with Crippen molar-refractivity contribution in [3.8, 4) is 0 Å². The zero-order valence-corrected chi connectivity index (χ0v) is 11.0. The average molecular weight is 243 g/mol. The molecule has 0 radical (unpaired) electrons. The van der Waals surface area contributed by atoms with E-state index < -0.39 is 0 Å². The summed E-state index contributed by atoms with van der Waals surface area (Å²) in [4.78, 5) is 0. The van der Waals surface area contributed by atoms with Gasteiger partial charge in [-0.25, -0.2) is 0 Å². The highest BCUT2D eigenvalue weighted by Gasteiger charge is 2.32. The van der Waals surface area contributed by atoms with Crippen molar-refractivity contribution in [1.29, 1.82) is 0 Å².